The van der Waals surface area contributed by atoms with E-state index in [2.05, 4.69) is 10.6 Å². The monoisotopic (exact) mass is 368 g/mol. The Bertz CT molecular complexity index is 667. The Morgan fingerprint density at radius 3 is 2.32 bits per heavy atom. The number of hydrogen-bond acceptors (Lipinski definition) is 5. The summed E-state index contributed by atoms with van der Waals surface area (Å²) in [5, 5.41) is 24.5. The number of carbonyl (C=O) groups is 2. The maximum atomic E-state index is 11.8. The van der Waals surface area contributed by atoms with Crippen LogP contribution in [-0.4, -0.2) is 38.9 Å². The van der Waals surface area contributed by atoms with E-state index in [1.54, 1.807) is 34.6 Å². The molecular weight excluding hydrogens is 344 g/mol. The third-order valence-electron chi connectivity index (χ3n) is 3.11. The summed E-state index contributed by atoms with van der Waals surface area (Å²) in [4.78, 5) is 23.2. The van der Waals surface area contributed by atoms with Gasteiger partial charge in [0.15, 0.2) is 0 Å². The average molecular weight is 368 g/mol. The van der Waals surface area contributed by atoms with Gasteiger partial charge in [0.1, 0.15) is 22.4 Å². The molecule has 138 valence electrons. The second kappa shape index (κ2) is 8.15. The quantitative estimate of drug-likeness (QED) is 0.467. The van der Waals surface area contributed by atoms with Gasteiger partial charge in [-0.1, -0.05) is 26.1 Å². The van der Waals surface area contributed by atoms with Crippen molar-refractivity contribution >= 4 is 35.0 Å². The van der Waals surface area contributed by atoms with E-state index in [-0.39, 0.29) is 22.2 Å². The first-order valence-corrected chi connectivity index (χ1v) is 8.18. The van der Waals surface area contributed by atoms with Crippen molar-refractivity contribution in [2.24, 2.45) is 5.92 Å². The van der Waals surface area contributed by atoms with E-state index < -0.39 is 23.7 Å². The lowest BCUT2D eigenvalue weighted by atomic mass is 10.0. The number of aromatic hydroxyl groups is 1. The number of carboxylic acid groups (broad SMARTS) is 1. The van der Waals surface area contributed by atoms with Gasteiger partial charge >= 0.3 is 12.1 Å². The predicted octanol–water partition coefficient (Wildman–Crippen LogP) is 3.11. The van der Waals surface area contributed by atoms with Crippen LogP contribution in [0.5, 0.6) is 5.75 Å². The van der Waals surface area contributed by atoms with Crippen LogP contribution in [0.2, 0.25) is 0 Å². The van der Waals surface area contributed by atoms with Crippen molar-refractivity contribution in [3.05, 3.63) is 23.8 Å². The summed E-state index contributed by atoms with van der Waals surface area (Å²) in [7, 11) is 0. The van der Waals surface area contributed by atoms with Gasteiger partial charge in [0.2, 0.25) is 0 Å². The van der Waals surface area contributed by atoms with Crippen molar-refractivity contribution in [3.8, 4) is 5.75 Å². The standard InChI is InChI=1S/C17H24N2O5S/c1-9(2)13(15(21)22)19-14(25)11-8-10(6-7-12(11)20)18-16(23)24-17(3,4)5/h6-9,13,20H,1-5H3,(H,18,23)(H,19,25)(H,21,22)/t13-/m0/s1. The van der Waals surface area contributed by atoms with Crippen molar-refractivity contribution in [1.29, 1.82) is 0 Å². The molecule has 0 heterocycles. The zero-order chi connectivity index (χ0) is 19.4. The van der Waals surface area contributed by atoms with E-state index >= 15 is 0 Å². The molecule has 1 atom stereocenters. The maximum absolute atomic E-state index is 11.8. The summed E-state index contributed by atoms with van der Waals surface area (Å²) >= 11 is 5.21. The molecule has 0 saturated heterocycles. The Labute approximate surface area is 152 Å². The van der Waals surface area contributed by atoms with Gasteiger partial charge in [-0.25, -0.2) is 9.59 Å². The van der Waals surface area contributed by atoms with Crippen LogP contribution in [0.25, 0.3) is 0 Å². The van der Waals surface area contributed by atoms with Crippen molar-refractivity contribution in [3.63, 3.8) is 0 Å². The molecule has 0 aliphatic rings. The molecule has 8 heteroatoms. The van der Waals surface area contributed by atoms with Crippen LogP contribution in [0.15, 0.2) is 18.2 Å². The Kier molecular flexibility index (Phi) is 6.75. The largest absolute Gasteiger partial charge is 0.507 e. The number of anilines is 1. The third kappa shape index (κ3) is 6.58. The molecule has 0 spiro atoms. The molecule has 4 N–H and O–H groups in total. The molecule has 0 fully saturated rings. The fraction of sp³-hybridized carbons (Fsp3) is 0.471. The van der Waals surface area contributed by atoms with Gasteiger partial charge in [0, 0.05) is 5.69 Å². The molecule has 1 rings (SSSR count). The third-order valence-corrected chi connectivity index (χ3v) is 3.44. The molecule has 25 heavy (non-hydrogen) atoms. The van der Waals surface area contributed by atoms with Gasteiger partial charge in [0.05, 0.1) is 5.56 Å². The van der Waals surface area contributed by atoms with Crippen LogP contribution < -0.4 is 10.6 Å². The second-order valence-corrected chi connectivity index (χ2v) is 7.30. The molecular formula is C17H24N2O5S. The number of hydrogen-bond donors (Lipinski definition) is 4. The fourth-order valence-corrected chi connectivity index (χ4v) is 2.24. The molecule has 0 aromatic heterocycles. The van der Waals surface area contributed by atoms with E-state index in [4.69, 9.17) is 17.0 Å². The number of phenolic OH excluding ortho intramolecular Hbond substituents is 1. The Morgan fingerprint density at radius 2 is 1.84 bits per heavy atom. The highest BCUT2D eigenvalue weighted by Gasteiger charge is 2.23. The van der Waals surface area contributed by atoms with Gasteiger partial charge in [0.25, 0.3) is 0 Å². The molecule has 1 amide bonds. The molecule has 0 unspecified atom stereocenters. The first-order chi connectivity index (χ1) is 11.4. The van der Waals surface area contributed by atoms with E-state index in [9.17, 15) is 19.8 Å². The second-order valence-electron chi connectivity index (χ2n) is 6.89. The molecule has 1 aromatic rings. The maximum Gasteiger partial charge on any atom is 0.412 e. The number of nitrogens with one attached hydrogen (secondary N) is 2. The normalized spacial score (nSPS) is 12.4. The number of thiocarbonyl (C=S) groups is 1. The number of ether oxygens (including phenoxy) is 1. The average Bonchev–Trinajstić information content (AvgIpc) is 2.43. The fourth-order valence-electron chi connectivity index (χ4n) is 1.95. The number of carboxylic acids is 1. The zero-order valence-electron chi connectivity index (χ0n) is 14.9. The molecule has 0 radical (unpaired) electrons. The van der Waals surface area contributed by atoms with Crippen molar-refractivity contribution in [2.45, 2.75) is 46.3 Å². The summed E-state index contributed by atoms with van der Waals surface area (Å²) in [6, 6.07) is 3.41. The van der Waals surface area contributed by atoms with Crippen molar-refractivity contribution < 1.29 is 24.5 Å². The van der Waals surface area contributed by atoms with Crippen LogP contribution in [-0.2, 0) is 9.53 Å². The Hall–Kier alpha value is -2.35. The molecule has 0 saturated carbocycles. The van der Waals surface area contributed by atoms with Gasteiger partial charge in [-0.15, -0.1) is 0 Å². The minimum atomic E-state index is -1.04. The van der Waals surface area contributed by atoms with Gasteiger partial charge in [-0.3, -0.25) is 5.32 Å². The van der Waals surface area contributed by atoms with Crippen LogP contribution in [0.4, 0.5) is 10.5 Å². The van der Waals surface area contributed by atoms with Crippen molar-refractivity contribution in [2.75, 3.05) is 5.32 Å². The van der Waals surface area contributed by atoms with E-state index in [1.807, 2.05) is 0 Å². The number of aliphatic carboxylic acids is 1. The number of benzene rings is 1. The first-order valence-electron chi connectivity index (χ1n) is 7.77. The zero-order valence-corrected chi connectivity index (χ0v) is 15.7. The molecule has 1 aromatic carbocycles. The highest BCUT2D eigenvalue weighted by molar-refractivity contribution is 7.80. The first kappa shape index (κ1) is 20.7. The summed E-state index contributed by atoms with van der Waals surface area (Å²) in [6.45, 7) is 8.72. The number of rotatable bonds is 5. The molecule has 7 nitrogen and oxygen atoms in total. The number of amides is 1. The highest BCUT2D eigenvalue weighted by atomic mass is 32.1. The summed E-state index contributed by atoms with van der Waals surface area (Å²) in [5.41, 5.74) is -0.0646. The summed E-state index contributed by atoms with van der Waals surface area (Å²) < 4.78 is 5.16. The van der Waals surface area contributed by atoms with Gasteiger partial charge in [-0.05, 0) is 44.9 Å². The lowest BCUT2D eigenvalue weighted by molar-refractivity contribution is -0.140. The molecule has 0 aliphatic heterocycles. The van der Waals surface area contributed by atoms with Crippen LogP contribution >= 0.6 is 12.2 Å². The highest BCUT2D eigenvalue weighted by Crippen LogP contribution is 2.23. The van der Waals surface area contributed by atoms with E-state index in [0.717, 1.165) is 0 Å². The lowest BCUT2D eigenvalue weighted by Crippen LogP contribution is -2.43. The van der Waals surface area contributed by atoms with Gasteiger partial charge < -0.3 is 20.3 Å². The summed E-state index contributed by atoms with van der Waals surface area (Å²) in [5.74, 6) is -1.37. The molecule has 0 bridgehead atoms. The smallest absolute Gasteiger partial charge is 0.412 e. The number of phenols is 1. The minimum absolute atomic E-state index is 0.0754. The van der Waals surface area contributed by atoms with Crippen molar-refractivity contribution in [1.82, 2.24) is 5.32 Å². The topological polar surface area (TPSA) is 108 Å². The Balaban J connectivity index is 2.95. The SMILES string of the molecule is CC(C)[C@H](NC(=S)c1cc(NC(=O)OC(C)(C)C)ccc1O)C(=O)O. The van der Waals surface area contributed by atoms with Crippen LogP contribution in [0.1, 0.15) is 40.2 Å². The van der Waals surface area contributed by atoms with Crippen LogP contribution in [0.3, 0.4) is 0 Å². The number of carbonyl (C=O) groups excluding carboxylic acids is 1. The Morgan fingerprint density at radius 1 is 1.24 bits per heavy atom. The van der Waals surface area contributed by atoms with E-state index in [0.29, 0.717) is 5.69 Å². The molecule has 0 aliphatic carbocycles. The minimum Gasteiger partial charge on any atom is -0.507 e. The summed E-state index contributed by atoms with van der Waals surface area (Å²) in [6.07, 6.45) is -0.645. The predicted molar refractivity (Wildman–Crippen MR) is 99.1 cm³/mol. The lowest BCUT2D eigenvalue weighted by Gasteiger charge is -2.21. The van der Waals surface area contributed by atoms with Gasteiger partial charge in [-0.2, -0.15) is 0 Å². The van der Waals surface area contributed by atoms with E-state index in [1.165, 1.54) is 18.2 Å². The van der Waals surface area contributed by atoms with Crippen LogP contribution in [0, 0.1) is 5.92 Å².